The van der Waals surface area contributed by atoms with Crippen molar-refractivity contribution in [3.8, 4) is 0 Å². The van der Waals surface area contributed by atoms with Crippen LogP contribution in [0.25, 0.3) is 11.2 Å². The molecule has 0 aliphatic carbocycles. The highest BCUT2D eigenvalue weighted by atomic mass is 35.5. The van der Waals surface area contributed by atoms with Crippen molar-refractivity contribution in [3.05, 3.63) is 83.9 Å². The molecule has 0 radical (unpaired) electrons. The molecule has 0 fully saturated rings. The smallest absolute Gasteiger partial charge is 0.416 e. The van der Waals surface area contributed by atoms with Crippen LogP contribution in [-0.4, -0.2) is 45.1 Å². The number of hydrogen-bond acceptors (Lipinski definition) is 7. The van der Waals surface area contributed by atoms with E-state index < -0.39 is 17.7 Å². The number of aromatic amines is 1. The van der Waals surface area contributed by atoms with Crippen LogP contribution in [0.1, 0.15) is 28.4 Å². The van der Waals surface area contributed by atoms with E-state index in [1.165, 1.54) is 18.7 Å². The van der Waals surface area contributed by atoms with Gasteiger partial charge in [0.1, 0.15) is 18.5 Å². The number of carbonyl (C=O) groups excluding carboxylic acids is 1. The minimum atomic E-state index is -4.34. The molecule has 4 N–H and O–H groups in total. The molecule has 1 atom stereocenters. The maximum absolute atomic E-state index is 12.7. The lowest BCUT2D eigenvalue weighted by atomic mass is 10.0. The summed E-state index contributed by atoms with van der Waals surface area (Å²) in [4.78, 5) is 26.1. The highest BCUT2D eigenvalue weighted by Gasteiger charge is 2.30. The van der Waals surface area contributed by atoms with Gasteiger partial charge in [-0.2, -0.15) is 13.2 Å². The molecule has 4 aromatic rings. The molecule has 36 heavy (non-hydrogen) atoms. The van der Waals surface area contributed by atoms with E-state index >= 15 is 0 Å². The van der Waals surface area contributed by atoms with E-state index in [0.717, 1.165) is 12.1 Å². The minimum absolute atomic E-state index is 0. The Hall–Kier alpha value is -3.70. The van der Waals surface area contributed by atoms with E-state index in [0.29, 0.717) is 41.1 Å². The number of anilines is 1. The van der Waals surface area contributed by atoms with Crippen LogP contribution >= 0.6 is 12.4 Å². The average Bonchev–Trinajstić information content (AvgIpc) is 3.33. The predicted octanol–water partition coefficient (Wildman–Crippen LogP) is 4.44. The first-order chi connectivity index (χ1) is 16.7. The van der Waals surface area contributed by atoms with Gasteiger partial charge in [-0.1, -0.05) is 36.4 Å². The van der Waals surface area contributed by atoms with Crippen molar-refractivity contribution >= 4 is 35.4 Å². The first kappa shape index (κ1) is 28.5. The second-order valence-corrected chi connectivity index (χ2v) is 7.62. The molecular weight excluding hydrogens is 497 g/mol. The van der Waals surface area contributed by atoms with Gasteiger partial charge < -0.3 is 20.8 Å². The number of benzene rings is 2. The average molecular weight is 523 g/mol. The van der Waals surface area contributed by atoms with Crippen LogP contribution in [0, 0.1) is 0 Å². The maximum Gasteiger partial charge on any atom is 0.416 e. The van der Waals surface area contributed by atoms with Gasteiger partial charge in [0.15, 0.2) is 11.5 Å². The number of nitrogens with two attached hydrogens (primary N) is 1. The van der Waals surface area contributed by atoms with Crippen LogP contribution in [0.15, 0.2) is 67.3 Å². The quantitative estimate of drug-likeness (QED) is 0.242. The minimum Gasteiger partial charge on any atom is -0.461 e. The number of carbonyl (C=O) groups is 1. The largest absolute Gasteiger partial charge is 0.461 e. The summed E-state index contributed by atoms with van der Waals surface area (Å²) < 4.78 is 43.3. The molecule has 0 aliphatic heterocycles. The van der Waals surface area contributed by atoms with E-state index in [9.17, 15) is 18.0 Å². The monoisotopic (exact) mass is 522 g/mol. The summed E-state index contributed by atoms with van der Waals surface area (Å²) in [5, 5.41) is 3.14. The highest BCUT2D eigenvalue weighted by molar-refractivity contribution is 5.89. The zero-order valence-electron chi connectivity index (χ0n) is 19.3. The van der Waals surface area contributed by atoms with Crippen LogP contribution in [0.3, 0.4) is 0 Å². The molecule has 1 unspecified atom stereocenters. The van der Waals surface area contributed by atoms with Crippen LogP contribution < -0.4 is 11.1 Å². The fourth-order valence-corrected chi connectivity index (χ4v) is 3.19. The summed E-state index contributed by atoms with van der Waals surface area (Å²) in [6.45, 7) is 2.50. The fourth-order valence-electron chi connectivity index (χ4n) is 3.19. The van der Waals surface area contributed by atoms with Crippen molar-refractivity contribution in [3.63, 3.8) is 0 Å². The van der Waals surface area contributed by atoms with Crippen LogP contribution in [0.4, 0.5) is 19.0 Å². The number of imidazole rings is 1. The lowest BCUT2D eigenvalue weighted by Gasteiger charge is -2.15. The Morgan fingerprint density at radius 1 is 1.11 bits per heavy atom. The summed E-state index contributed by atoms with van der Waals surface area (Å²) in [5.74, 6) is 0.0374. The summed E-state index contributed by atoms with van der Waals surface area (Å²) in [6.07, 6.45) is -0.955. The lowest BCUT2D eigenvalue weighted by Crippen LogP contribution is -2.31. The topological polar surface area (TPSA) is 119 Å². The Kier molecular flexibility index (Phi) is 10.6. The number of fused-ring (bicyclic) bond motifs is 1. The summed E-state index contributed by atoms with van der Waals surface area (Å²) >= 11 is 0. The van der Waals surface area contributed by atoms with Gasteiger partial charge in [-0.25, -0.2) is 19.7 Å². The van der Waals surface area contributed by atoms with E-state index in [2.05, 4.69) is 25.3 Å². The van der Waals surface area contributed by atoms with E-state index in [1.807, 2.05) is 13.0 Å². The number of ether oxygens (including phenoxy) is 1. The molecule has 8 nitrogen and oxygen atoms in total. The number of nitrogen functional groups attached to an aromatic ring is 1. The molecular formula is C24H26ClF3N6O2. The number of hydrogen-bond donors (Lipinski definition) is 3. The number of halogens is 4. The predicted molar refractivity (Wildman–Crippen MR) is 133 cm³/mol. The van der Waals surface area contributed by atoms with Gasteiger partial charge in [-0.05, 0) is 37.1 Å². The number of alkyl halides is 3. The van der Waals surface area contributed by atoms with Crippen LogP contribution in [0.5, 0.6) is 0 Å². The van der Waals surface area contributed by atoms with Gasteiger partial charge in [-0.15, -0.1) is 12.4 Å². The Morgan fingerprint density at radius 3 is 2.56 bits per heavy atom. The maximum atomic E-state index is 12.7. The molecule has 192 valence electrons. The lowest BCUT2D eigenvalue weighted by molar-refractivity contribution is -0.137. The molecule has 2 heterocycles. The number of nitrogens with one attached hydrogen (secondary N) is 2. The molecule has 2 aromatic carbocycles. The van der Waals surface area contributed by atoms with Gasteiger partial charge >= 0.3 is 12.1 Å². The first-order valence-electron chi connectivity index (χ1n) is 10.8. The van der Waals surface area contributed by atoms with Gasteiger partial charge in [0.05, 0.1) is 17.5 Å². The van der Waals surface area contributed by atoms with E-state index in [4.69, 9.17) is 10.5 Å². The molecule has 2 aromatic heterocycles. The highest BCUT2D eigenvalue weighted by Crippen LogP contribution is 2.29. The first-order valence-corrected chi connectivity index (χ1v) is 10.8. The Balaban J connectivity index is 0.000000344. The van der Waals surface area contributed by atoms with Gasteiger partial charge in [0, 0.05) is 12.6 Å². The second-order valence-electron chi connectivity index (χ2n) is 7.62. The molecule has 0 aliphatic rings. The Labute approximate surface area is 211 Å². The normalized spacial score (nSPS) is 11.7. The number of rotatable bonds is 7. The van der Waals surface area contributed by atoms with Gasteiger partial charge in [0.2, 0.25) is 0 Å². The van der Waals surface area contributed by atoms with Crippen LogP contribution in [0.2, 0.25) is 0 Å². The third-order valence-corrected chi connectivity index (χ3v) is 4.89. The van der Waals surface area contributed by atoms with Gasteiger partial charge in [-0.3, -0.25) is 0 Å². The molecule has 4 rings (SSSR count). The van der Waals surface area contributed by atoms with Crippen molar-refractivity contribution in [2.24, 2.45) is 0 Å². The molecule has 0 amide bonds. The molecule has 12 heteroatoms. The van der Waals surface area contributed by atoms with E-state index in [-0.39, 0.29) is 25.1 Å². The van der Waals surface area contributed by atoms with Crippen molar-refractivity contribution in [2.45, 2.75) is 25.6 Å². The second kappa shape index (κ2) is 13.4. The summed E-state index contributed by atoms with van der Waals surface area (Å²) in [5.41, 5.74) is 7.23. The zero-order chi connectivity index (χ0) is 25.3. The SMILES string of the molecule is CC(Cc1cccc(C(F)(F)F)c1)NCCOC(=O)c1ccccc1.Cl.Nc1ncnc2nc[nH]c12. The fraction of sp³-hybridized carbons (Fsp3) is 0.250. The standard InChI is InChI=1S/C19H20F3NO2.C5H5N5.ClH/c1-14(12-15-6-5-9-17(13-15)19(20,21)22)23-10-11-25-18(24)16-7-3-2-4-8-16;6-4-3-5(9-1-7-3)10-2-8-4;/h2-9,13-14,23H,10-12H2,1H3;1-2H,(H3,6,7,8,9,10);1H. The van der Waals surface area contributed by atoms with Crippen molar-refractivity contribution in [1.29, 1.82) is 0 Å². The number of nitrogens with zero attached hydrogens (tertiary/aromatic N) is 3. The zero-order valence-corrected chi connectivity index (χ0v) is 20.1. The van der Waals surface area contributed by atoms with Crippen molar-refractivity contribution < 1.29 is 22.7 Å². The van der Waals surface area contributed by atoms with Crippen molar-refractivity contribution in [1.82, 2.24) is 25.3 Å². The molecule has 0 saturated carbocycles. The number of aromatic nitrogens is 4. The molecule has 0 saturated heterocycles. The number of esters is 1. The van der Waals surface area contributed by atoms with Crippen molar-refractivity contribution in [2.75, 3.05) is 18.9 Å². The summed E-state index contributed by atoms with van der Waals surface area (Å²) in [7, 11) is 0. The third-order valence-electron chi connectivity index (χ3n) is 4.89. The van der Waals surface area contributed by atoms with Gasteiger partial charge in [0.25, 0.3) is 0 Å². The summed E-state index contributed by atoms with van der Waals surface area (Å²) in [6, 6.07) is 13.9. The molecule has 0 spiro atoms. The molecule has 0 bridgehead atoms. The Morgan fingerprint density at radius 2 is 1.86 bits per heavy atom. The third kappa shape index (κ3) is 8.51. The Bertz CT molecular complexity index is 1240. The number of H-pyrrole nitrogens is 1. The van der Waals surface area contributed by atoms with E-state index in [1.54, 1.807) is 30.3 Å². The van der Waals surface area contributed by atoms with Crippen LogP contribution in [-0.2, 0) is 17.3 Å².